The smallest absolute Gasteiger partial charge is 0.0991 e. The van der Waals surface area contributed by atoms with Crippen molar-refractivity contribution in [3.63, 3.8) is 0 Å². The first-order valence-corrected chi connectivity index (χ1v) is 7.68. The van der Waals surface area contributed by atoms with Gasteiger partial charge in [-0.3, -0.25) is 0 Å². The fourth-order valence-electron chi connectivity index (χ4n) is 2.67. The number of hydrogen-bond donors (Lipinski definition) is 1. The minimum Gasteiger partial charge on any atom is -0.307 e. The van der Waals surface area contributed by atoms with Crippen LogP contribution in [0.15, 0.2) is 24.3 Å². The Morgan fingerprint density at radius 1 is 0.950 bits per heavy atom. The molecule has 1 N–H and O–H groups in total. The predicted molar refractivity (Wildman–Crippen MR) is 85.4 cm³/mol. The van der Waals surface area contributed by atoms with Crippen LogP contribution in [0.3, 0.4) is 0 Å². The van der Waals surface area contributed by atoms with Crippen LogP contribution in [0.2, 0.25) is 0 Å². The number of nitrogens with one attached hydrogen (secondary N) is 1. The monoisotopic (exact) mass is 272 g/mol. The van der Waals surface area contributed by atoms with Crippen LogP contribution >= 0.6 is 0 Å². The molecular weight excluding hydrogens is 244 g/mol. The SMILES string of the molecule is CC(C)CC(CC(C)C)NC(C)c1ccc(C#N)cc1. The normalized spacial score (nSPS) is 12.9. The Morgan fingerprint density at radius 2 is 1.45 bits per heavy atom. The van der Waals surface area contributed by atoms with E-state index in [1.807, 2.05) is 12.1 Å². The summed E-state index contributed by atoms with van der Waals surface area (Å²) in [6.07, 6.45) is 2.41. The highest BCUT2D eigenvalue weighted by atomic mass is 14.9. The molecule has 0 heterocycles. The summed E-state index contributed by atoms with van der Waals surface area (Å²) in [6.45, 7) is 11.3. The second kappa shape index (κ2) is 8.07. The van der Waals surface area contributed by atoms with E-state index in [4.69, 9.17) is 5.26 Å². The maximum absolute atomic E-state index is 8.85. The molecule has 0 aliphatic rings. The van der Waals surface area contributed by atoms with E-state index in [0.717, 1.165) is 5.56 Å². The molecule has 0 aromatic heterocycles. The summed E-state index contributed by atoms with van der Waals surface area (Å²) in [5, 5.41) is 12.6. The standard InChI is InChI=1S/C18H28N2/c1-13(2)10-18(11-14(3)4)20-15(5)17-8-6-16(12-19)7-9-17/h6-9,13-15,18,20H,10-11H2,1-5H3. The molecule has 0 saturated carbocycles. The van der Waals surface area contributed by atoms with E-state index >= 15 is 0 Å². The average Bonchev–Trinajstić information content (AvgIpc) is 2.37. The third kappa shape index (κ3) is 5.75. The third-order valence-corrected chi connectivity index (χ3v) is 3.54. The van der Waals surface area contributed by atoms with E-state index in [1.54, 1.807) is 0 Å². The Bertz CT molecular complexity index is 416. The predicted octanol–water partition coefficient (Wildman–Crippen LogP) is 4.67. The molecule has 0 radical (unpaired) electrons. The Balaban J connectivity index is 2.68. The van der Waals surface area contributed by atoms with Crippen molar-refractivity contribution < 1.29 is 0 Å². The van der Waals surface area contributed by atoms with Crippen molar-refractivity contribution in [2.45, 2.75) is 59.5 Å². The molecule has 1 rings (SSSR count). The topological polar surface area (TPSA) is 35.8 Å². The summed E-state index contributed by atoms with van der Waals surface area (Å²) in [7, 11) is 0. The maximum Gasteiger partial charge on any atom is 0.0991 e. The molecule has 0 fully saturated rings. The molecule has 1 aromatic rings. The molecule has 0 amide bonds. The van der Waals surface area contributed by atoms with Gasteiger partial charge in [0, 0.05) is 12.1 Å². The molecule has 110 valence electrons. The fourth-order valence-corrected chi connectivity index (χ4v) is 2.67. The molecule has 2 nitrogen and oxygen atoms in total. The molecule has 0 bridgehead atoms. The van der Waals surface area contributed by atoms with Crippen LogP contribution in [0.5, 0.6) is 0 Å². The van der Waals surface area contributed by atoms with Gasteiger partial charge in [0.1, 0.15) is 0 Å². The van der Waals surface area contributed by atoms with Gasteiger partial charge in [-0.1, -0.05) is 39.8 Å². The number of benzene rings is 1. The Kier molecular flexibility index (Phi) is 6.75. The first kappa shape index (κ1) is 16.7. The summed E-state index contributed by atoms with van der Waals surface area (Å²) in [5.74, 6) is 1.42. The number of rotatable bonds is 7. The summed E-state index contributed by atoms with van der Waals surface area (Å²) in [4.78, 5) is 0. The van der Waals surface area contributed by atoms with Gasteiger partial charge in [0.2, 0.25) is 0 Å². The highest BCUT2D eigenvalue weighted by Crippen LogP contribution is 2.19. The van der Waals surface area contributed by atoms with Crippen LogP contribution in [0.4, 0.5) is 0 Å². The van der Waals surface area contributed by atoms with Gasteiger partial charge in [-0.25, -0.2) is 0 Å². The fraction of sp³-hybridized carbons (Fsp3) is 0.611. The van der Waals surface area contributed by atoms with E-state index in [9.17, 15) is 0 Å². The van der Waals surface area contributed by atoms with Crippen molar-refractivity contribution in [1.82, 2.24) is 5.32 Å². The lowest BCUT2D eigenvalue weighted by Crippen LogP contribution is -2.34. The molecule has 20 heavy (non-hydrogen) atoms. The van der Waals surface area contributed by atoms with Gasteiger partial charge in [-0.2, -0.15) is 5.26 Å². The van der Waals surface area contributed by atoms with Crippen LogP contribution in [-0.2, 0) is 0 Å². The number of nitriles is 1. The molecule has 2 heteroatoms. The zero-order valence-electron chi connectivity index (χ0n) is 13.5. The second-order valence-corrected chi connectivity index (χ2v) is 6.58. The molecule has 0 aliphatic carbocycles. The molecule has 0 saturated heterocycles. The first-order valence-electron chi connectivity index (χ1n) is 7.68. The summed E-state index contributed by atoms with van der Waals surface area (Å²) in [6, 6.07) is 10.9. The summed E-state index contributed by atoms with van der Waals surface area (Å²) >= 11 is 0. The van der Waals surface area contributed by atoms with Crippen LogP contribution in [0.25, 0.3) is 0 Å². The van der Waals surface area contributed by atoms with Crippen LogP contribution < -0.4 is 5.32 Å². The largest absolute Gasteiger partial charge is 0.307 e. The quantitative estimate of drug-likeness (QED) is 0.783. The molecule has 1 aromatic carbocycles. The van der Waals surface area contributed by atoms with Crippen molar-refractivity contribution in [3.05, 3.63) is 35.4 Å². The van der Waals surface area contributed by atoms with E-state index in [0.29, 0.717) is 23.9 Å². The lowest BCUT2D eigenvalue weighted by Gasteiger charge is -2.26. The van der Waals surface area contributed by atoms with Gasteiger partial charge in [0.15, 0.2) is 0 Å². The van der Waals surface area contributed by atoms with Gasteiger partial charge >= 0.3 is 0 Å². The van der Waals surface area contributed by atoms with Gasteiger partial charge < -0.3 is 5.32 Å². The zero-order chi connectivity index (χ0) is 15.1. The van der Waals surface area contributed by atoms with Crippen LogP contribution in [0.1, 0.15) is 64.6 Å². The van der Waals surface area contributed by atoms with E-state index in [-0.39, 0.29) is 0 Å². The third-order valence-electron chi connectivity index (χ3n) is 3.54. The van der Waals surface area contributed by atoms with Crippen LogP contribution in [0, 0.1) is 23.2 Å². The Labute approximate surface area is 124 Å². The Hall–Kier alpha value is -1.33. The van der Waals surface area contributed by atoms with Crippen molar-refractivity contribution in [3.8, 4) is 6.07 Å². The first-order chi connectivity index (χ1) is 9.42. The lowest BCUT2D eigenvalue weighted by atomic mass is 9.94. The number of hydrogen-bond acceptors (Lipinski definition) is 2. The van der Waals surface area contributed by atoms with E-state index in [2.05, 4.69) is 58.1 Å². The lowest BCUT2D eigenvalue weighted by molar-refractivity contribution is 0.335. The molecular formula is C18H28N2. The van der Waals surface area contributed by atoms with Crippen molar-refractivity contribution in [2.75, 3.05) is 0 Å². The van der Waals surface area contributed by atoms with Gasteiger partial charge in [0.25, 0.3) is 0 Å². The molecule has 0 aliphatic heterocycles. The average molecular weight is 272 g/mol. The number of nitrogens with zero attached hydrogens (tertiary/aromatic N) is 1. The van der Waals surface area contributed by atoms with Gasteiger partial charge in [0.05, 0.1) is 11.6 Å². The minimum atomic E-state index is 0.324. The van der Waals surface area contributed by atoms with Crippen molar-refractivity contribution in [1.29, 1.82) is 5.26 Å². The van der Waals surface area contributed by atoms with Crippen molar-refractivity contribution >= 4 is 0 Å². The summed E-state index contributed by atoms with van der Waals surface area (Å²) < 4.78 is 0. The highest BCUT2D eigenvalue weighted by Gasteiger charge is 2.16. The molecule has 1 atom stereocenters. The highest BCUT2D eigenvalue weighted by molar-refractivity contribution is 5.32. The molecule has 1 unspecified atom stereocenters. The van der Waals surface area contributed by atoms with Crippen LogP contribution in [-0.4, -0.2) is 6.04 Å². The van der Waals surface area contributed by atoms with Crippen molar-refractivity contribution in [2.24, 2.45) is 11.8 Å². The zero-order valence-corrected chi connectivity index (χ0v) is 13.5. The molecule has 0 spiro atoms. The minimum absolute atomic E-state index is 0.324. The Morgan fingerprint density at radius 3 is 1.85 bits per heavy atom. The van der Waals surface area contributed by atoms with E-state index in [1.165, 1.54) is 18.4 Å². The second-order valence-electron chi connectivity index (χ2n) is 6.58. The maximum atomic E-state index is 8.85. The van der Waals surface area contributed by atoms with E-state index < -0.39 is 0 Å². The van der Waals surface area contributed by atoms with Gasteiger partial charge in [-0.05, 0) is 49.3 Å². The van der Waals surface area contributed by atoms with Gasteiger partial charge in [-0.15, -0.1) is 0 Å². The summed E-state index contributed by atoms with van der Waals surface area (Å²) in [5.41, 5.74) is 1.98.